The van der Waals surface area contributed by atoms with Crippen molar-refractivity contribution >= 4 is 28.7 Å². The molecule has 21 heavy (non-hydrogen) atoms. The number of alkyl halides is 1. The third-order valence-corrected chi connectivity index (χ3v) is 3.89. The summed E-state index contributed by atoms with van der Waals surface area (Å²) >= 11 is 5.97. The van der Waals surface area contributed by atoms with Crippen LogP contribution in [0.3, 0.4) is 0 Å². The standard InChI is InChI=1S/C15H19ClN4O/c1-10-7-12-15(17-9-10)20(13(8-16)19-12)6-2-3-14(21)18-11-4-5-11/h7,9,11H,2-6,8H2,1H3,(H,18,21). The molecule has 0 saturated heterocycles. The first-order valence-electron chi connectivity index (χ1n) is 7.34. The molecule has 1 aliphatic rings. The molecular formula is C15H19ClN4O. The predicted octanol–water partition coefficient (Wildman–Crippen LogP) is 2.54. The minimum absolute atomic E-state index is 0.137. The predicted molar refractivity (Wildman–Crippen MR) is 82.2 cm³/mol. The summed E-state index contributed by atoms with van der Waals surface area (Å²) in [5, 5.41) is 3.00. The monoisotopic (exact) mass is 306 g/mol. The normalized spacial score (nSPS) is 14.6. The number of carbonyl (C=O) groups is 1. The molecule has 2 heterocycles. The average Bonchev–Trinajstić information content (AvgIpc) is 3.19. The van der Waals surface area contributed by atoms with Crippen LogP contribution in [0.25, 0.3) is 11.2 Å². The summed E-state index contributed by atoms with van der Waals surface area (Å²) in [6.45, 7) is 2.71. The first kappa shape index (κ1) is 14.3. The van der Waals surface area contributed by atoms with Crippen molar-refractivity contribution in [2.24, 2.45) is 0 Å². The molecule has 112 valence electrons. The summed E-state index contributed by atoms with van der Waals surface area (Å²) in [4.78, 5) is 20.7. The zero-order chi connectivity index (χ0) is 14.8. The number of nitrogens with one attached hydrogen (secondary N) is 1. The lowest BCUT2D eigenvalue weighted by molar-refractivity contribution is -0.121. The Labute approximate surface area is 128 Å². The SMILES string of the molecule is Cc1cnc2c(c1)nc(CCl)n2CCCC(=O)NC1CC1. The van der Waals surface area contributed by atoms with E-state index in [1.54, 1.807) is 0 Å². The van der Waals surface area contributed by atoms with Crippen LogP contribution < -0.4 is 5.32 Å². The van der Waals surface area contributed by atoms with Crippen LogP contribution in [0.2, 0.25) is 0 Å². The molecule has 0 bridgehead atoms. The van der Waals surface area contributed by atoms with Crippen LogP contribution in [0.4, 0.5) is 0 Å². The van der Waals surface area contributed by atoms with Crippen molar-refractivity contribution in [2.45, 2.75) is 51.1 Å². The molecule has 1 amide bonds. The van der Waals surface area contributed by atoms with Gasteiger partial charge in [-0.25, -0.2) is 9.97 Å². The third kappa shape index (κ3) is 3.35. The molecule has 1 fully saturated rings. The van der Waals surface area contributed by atoms with E-state index in [-0.39, 0.29) is 5.91 Å². The molecule has 2 aromatic rings. The van der Waals surface area contributed by atoms with Gasteiger partial charge in [0.1, 0.15) is 11.3 Å². The van der Waals surface area contributed by atoms with Gasteiger partial charge in [0.05, 0.1) is 5.88 Å². The molecule has 0 spiro atoms. The average molecular weight is 307 g/mol. The maximum atomic E-state index is 11.7. The summed E-state index contributed by atoms with van der Waals surface area (Å²) in [5.41, 5.74) is 2.80. The van der Waals surface area contributed by atoms with Crippen molar-refractivity contribution in [1.29, 1.82) is 0 Å². The smallest absolute Gasteiger partial charge is 0.220 e. The molecule has 6 heteroatoms. The minimum atomic E-state index is 0.137. The second-order valence-corrected chi connectivity index (χ2v) is 5.88. The van der Waals surface area contributed by atoms with Crippen LogP contribution >= 0.6 is 11.6 Å². The van der Waals surface area contributed by atoms with Crippen molar-refractivity contribution in [3.8, 4) is 0 Å². The molecule has 0 unspecified atom stereocenters. The molecule has 1 N–H and O–H groups in total. The summed E-state index contributed by atoms with van der Waals surface area (Å²) in [6, 6.07) is 2.43. The summed E-state index contributed by atoms with van der Waals surface area (Å²) < 4.78 is 2.02. The first-order chi connectivity index (χ1) is 10.2. The molecule has 0 aromatic carbocycles. The Bertz CT molecular complexity index is 663. The number of fused-ring (bicyclic) bond motifs is 1. The van der Waals surface area contributed by atoms with E-state index in [2.05, 4.69) is 15.3 Å². The topological polar surface area (TPSA) is 59.8 Å². The number of hydrogen-bond acceptors (Lipinski definition) is 3. The molecule has 1 aliphatic carbocycles. The summed E-state index contributed by atoms with van der Waals surface area (Å²) in [5.74, 6) is 1.30. The number of aryl methyl sites for hydroxylation is 2. The van der Waals surface area contributed by atoms with Crippen molar-refractivity contribution < 1.29 is 4.79 Å². The second-order valence-electron chi connectivity index (χ2n) is 5.61. The quantitative estimate of drug-likeness (QED) is 0.834. The van der Waals surface area contributed by atoms with Crippen LogP contribution in [-0.4, -0.2) is 26.5 Å². The third-order valence-electron chi connectivity index (χ3n) is 3.65. The van der Waals surface area contributed by atoms with Gasteiger partial charge >= 0.3 is 0 Å². The number of pyridine rings is 1. The first-order valence-corrected chi connectivity index (χ1v) is 7.88. The molecule has 5 nitrogen and oxygen atoms in total. The van der Waals surface area contributed by atoms with E-state index in [0.29, 0.717) is 24.9 Å². The van der Waals surface area contributed by atoms with Crippen LogP contribution in [-0.2, 0) is 17.2 Å². The fourth-order valence-electron chi connectivity index (χ4n) is 2.42. The lowest BCUT2D eigenvalue weighted by atomic mass is 10.3. The van der Waals surface area contributed by atoms with Gasteiger partial charge in [0, 0.05) is 25.2 Å². The summed E-state index contributed by atoms with van der Waals surface area (Å²) in [6.07, 6.45) is 5.38. The second kappa shape index (κ2) is 6.02. The Morgan fingerprint density at radius 1 is 1.52 bits per heavy atom. The van der Waals surface area contributed by atoms with Crippen molar-refractivity contribution in [1.82, 2.24) is 19.9 Å². The fraction of sp³-hybridized carbons (Fsp3) is 0.533. The number of imidazole rings is 1. The van der Waals surface area contributed by atoms with Gasteiger partial charge < -0.3 is 9.88 Å². The molecule has 2 aromatic heterocycles. The van der Waals surface area contributed by atoms with Crippen molar-refractivity contribution in [3.05, 3.63) is 23.7 Å². The van der Waals surface area contributed by atoms with E-state index in [9.17, 15) is 4.79 Å². The van der Waals surface area contributed by atoms with Gasteiger partial charge in [-0.05, 0) is 37.8 Å². The largest absolute Gasteiger partial charge is 0.353 e. The van der Waals surface area contributed by atoms with Crippen LogP contribution in [0.15, 0.2) is 12.3 Å². The zero-order valence-corrected chi connectivity index (χ0v) is 12.9. The maximum absolute atomic E-state index is 11.7. The van der Waals surface area contributed by atoms with Gasteiger partial charge in [-0.2, -0.15) is 0 Å². The highest BCUT2D eigenvalue weighted by molar-refractivity contribution is 6.16. The summed E-state index contributed by atoms with van der Waals surface area (Å²) in [7, 11) is 0. The van der Waals surface area contributed by atoms with Crippen LogP contribution in [0, 0.1) is 6.92 Å². The molecule has 0 aliphatic heterocycles. The highest BCUT2D eigenvalue weighted by Gasteiger charge is 2.22. The fourth-order valence-corrected chi connectivity index (χ4v) is 2.62. The number of halogens is 1. The Balaban J connectivity index is 1.68. The number of aromatic nitrogens is 3. The molecule has 1 saturated carbocycles. The van der Waals surface area contributed by atoms with Crippen molar-refractivity contribution in [3.63, 3.8) is 0 Å². The molecular weight excluding hydrogens is 288 g/mol. The van der Waals surface area contributed by atoms with Gasteiger partial charge in [-0.1, -0.05) is 0 Å². The Morgan fingerprint density at radius 3 is 3.05 bits per heavy atom. The van der Waals surface area contributed by atoms with Crippen molar-refractivity contribution in [2.75, 3.05) is 0 Å². The van der Waals surface area contributed by atoms with Gasteiger partial charge in [0.15, 0.2) is 5.65 Å². The van der Waals surface area contributed by atoms with Gasteiger partial charge in [-0.15, -0.1) is 11.6 Å². The number of amides is 1. The number of nitrogens with zero attached hydrogens (tertiary/aromatic N) is 3. The van der Waals surface area contributed by atoms with E-state index in [1.165, 1.54) is 0 Å². The lowest BCUT2D eigenvalue weighted by Crippen LogP contribution is -2.25. The maximum Gasteiger partial charge on any atom is 0.220 e. The van der Waals surface area contributed by atoms with Crippen LogP contribution in [0.5, 0.6) is 0 Å². The Kier molecular flexibility index (Phi) is 4.10. The Hall–Kier alpha value is -1.62. The zero-order valence-electron chi connectivity index (χ0n) is 12.1. The number of hydrogen-bond donors (Lipinski definition) is 1. The van der Waals surface area contributed by atoms with Gasteiger partial charge in [0.25, 0.3) is 0 Å². The van der Waals surface area contributed by atoms with E-state index >= 15 is 0 Å². The van der Waals surface area contributed by atoms with E-state index in [0.717, 1.165) is 41.8 Å². The lowest BCUT2D eigenvalue weighted by Gasteiger charge is -2.07. The van der Waals surface area contributed by atoms with E-state index in [1.807, 2.05) is 23.8 Å². The molecule has 0 atom stereocenters. The number of rotatable bonds is 6. The highest BCUT2D eigenvalue weighted by Crippen LogP contribution is 2.19. The molecule has 0 radical (unpaired) electrons. The molecule has 3 rings (SSSR count). The van der Waals surface area contributed by atoms with Gasteiger partial charge in [0.2, 0.25) is 5.91 Å². The van der Waals surface area contributed by atoms with E-state index < -0.39 is 0 Å². The van der Waals surface area contributed by atoms with Gasteiger partial charge in [-0.3, -0.25) is 4.79 Å². The van der Waals surface area contributed by atoms with Crippen LogP contribution in [0.1, 0.15) is 37.1 Å². The highest BCUT2D eigenvalue weighted by atomic mass is 35.5. The Morgan fingerprint density at radius 2 is 2.33 bits per heavy atom. The van der Waals surface area contributed by atoms with E-state index in [4.69, 9.17) is 11.6 Å². The minimum Gasteiger partial charge on any atom is -0.353 e. The number of carbonyl (C=O) groups excluding carboxylic acids is 1.